The zero-order chi connectivity index (χ0) is 11.8. The summed E-state index contributed by atoms with van der Waals surface area (Å²) < 4.78 is 5.12. The van der Waals surface area contributed by atoms with Crippen LogP contribution in [0, 0.1) is 5.92 Å². The number of carbonyl (C=O) groups is 1. The van der Waals surface area contributed by atoms with Crippen LogP contribution in [0.25, 0.3) is 0 Å². The molecule has 1 rings (SSSR count). The number of hydrogen-bond donors (Lipinski definition) is 1. The van der Waals surface area contributed by atoms with E-state index in [4.69, 9.17) is 4.74 Å². The lowest BCUT2D eigenvalue weighted by molar-refractivity contribution is -0.126. The number of hydrogen-bond acceptors (Lipinski definition) is 2. The molecule has 0 bridgehead atoms. The summed E-state index contributed by atoms with van der Waals surface area (Å²) in [6, 6.07) is 0.390. The average molecular weight is 227 g/mol. The van der Waals surface area contributed by atoms with Crippen molar-refractivity contribution < 1.29 is 9.53 Å². The highest BCUT2D eigenvalue weighted by Crippen LogP contribution is 2.27. The molecule has 0 aromatic rings. The van der Waals surface area contributed by atoms with Crippen LogP contribution in [-0.4, -0.2) is 25.2 Å². The summed E-state index contributed by atoms with van der Waals surface area (Å²) in [5.74, 6) is 0.735. The number of amides is 1. The first-order valence-corrected chi connectivity index (χ1v) is 6.65. The Hall–Kier alpha value is -0.570. The lowest BCUT2D eigenvalue weighted by Gasteiger charge is -2.32. The summed E-state index contributed by atoms with van der Waals surface area (Å²) in [6.45, 7) is 4.95. The van der Waals surface area contributed by atoms with Crippen molar-refractivity contribution in [2.45, 2.75) is 58.4 Å². The van der Waals surface area contributed by atoms with Crippen molar-refractivity contribution in [1.82, 2.24) is 5.32 Å². The van der Waals surface area contributed by atoms with Gasteiger partial charge in [0.25, 0.3) is 0 Å². The van der Waals surface area contributed by atoms with Gasteiger partial charge in [0.1, 0.15) is 6.61 Å². The van der Waals surface area contributed by atoms with Gasteiger partial charge in [0.2, 0.25) is 5.91 Å². The molecule has 1 fully saturated rings. The van der Waals surface area contributed by atoms with Crippen molar-refractivity contribution in [2.24, 2.45) is 5.92 Å². The highest BCUT2D eigenvalue weighted by atomic mass is 16.5. The molecule has 2 atom stereocenters. The molecule has 0 unspecified atom stereocenters. The molecule has 0 heterocycles. The Bertz CT molecular complexity index is 204. The first-order chi connectivity index (χ1) is 7.77. The Kier molecular flexibility index (Phi) is 6.46. The van der Waals surface area contributed by atoms with Crippen molar-refractivity contribution in [3.8, 4) is 0 Å². The first-order valence-electron chi connectivity index (χ1n) is 6.65. The van der Waals surface area contributed by atoms with Crippen molar-refractivity contribution >= 4 is 5.91 Å². The molecule has 1 aliphatic rings. The van der Waals surface area contributed by atoms with Crippen LogP contribution in [0.15, 0.2) is 0 Å². The molecule has 94 valence electrons. The molecular formula is C13H25NO2. The van der Waals surface area contributed by atoms with Crippen LogP contribution in [0.1, 0.15) is 52.4 Å². The van der Waals surface area contributed by atoms with E-state index >= 15 is 0 Å². The van der Waals surface area contributed by atoms with Crippen LogP contribution >= 0.6 is 0 Å². The zero-order valence-corrected chi connectivity index (χ0v) is 10.6. The lowest BCUT2D eigenvalue weighted by atomic mass is 9.82. The van der Waals surface area contributed by atoms with Crippen LogP contribution in [0.3, 0.4) is 0 Å². The zero-order valence-electron chi connectivity index (χ0n) is 10.6. The fourth-order valence-corrected chi connectivity index (χ4v) is 2.56. The minimum atomic E-state index is 0.0508. The van der Waals surface area contributed by atoms with Gasteiger partial charge in [-0.1, -0.05) is 26.2 Å². The van der Waals surface area contributed by atoms with Gasteiger partial charge in [-0.05, 0) is 32.1 Å². The van der Waals surface area contributed by atoms with Crippen molar-refractivity contribution in [1.29, 1.82) is 0 Å². The van der Waals surface area contributed by atoms with Crippen molar-refractivity contribution in [3.05, 3.63) is 0 Å². The third-order valence-corrected chi connectivity index (χ3v) is 3.35. The smallest absolute Gasteiger partial charge is 0.246 e. The predicted molar refractivity (Wildman–Crippen MR) is 65.3 cm³/mol. The maximum absolute atomic E-state index is 11.6. The van der Waals surface area contributed by atoms with Gasteiger partial charge in [0, 0.05) is 12.6 Å². The quantitative estimate of drug-likeness (QED) is 0.757. The molecule has 0 saturated heterocycles. The van der Waals surface area contributed by atoms with Crippen LogP contribution in [0.5, 0.6) is 0 Å². The normalized spacial score (nSPS) is 25.4. The molecule has 3 heteroatoms. The molecule has 3 nitrogen and oxygen atoms in total. The van der Waals surface area contributed by atoms with Gasteiger partial charge in [0.05, 0.1) is 0 Å². The molecule has 0 aromatic carbocycles. The van der Waals surface area contributed by atoms with Crippen LogP contribution in [0.4, 0.5) is 0 Å². The van der Waals surface area contributed by atoms with Gasteiger partial charge in [-0.3, -0.25) is 4.79 Å². The molecule has 16 heavy (non-hydrogen) atoms. The molecule has 1 aliphatic carbocycles. The van der Waals surface area contributed by atoms with E-state index in [1.165, 1.54) is 32.1 Å². The molecule has 0 aromatic heterocycles. The highest BCUT2D eigenvalue weighted by molar-refractivity contribution is 5.77. The standard InChI is InChI=1S/C13H25NO2/c1-3-7-11-8-5-6-9-12(11)14-13(15)10-16-4-2/h11-12H,3-10H2,1-2H3,(H,14,15)/t11-,12-/m1/s1. The Morgan fingerprint density at radius 3 is 2.75 bits per heavy atom. The Morgan fingerprint density at radius 1 is 1.31 bits per heavy atom. The minimum Gasteiger partial charge on any atom is -0.372 e. The van der Waals surface area contributed by atoms with E-state index in [1.807, 2.05) is 6.92 Å². The average Bonchev–Trinajstić information content (AvgIpc) is 2.29. The highest BCUT2D eigenvalue weighted by Gasteiger charge is 2.25. The second-order valence-corrected chi connectivity index (χ2v) is 4.64. The SMILES string of the molecule is CCC[C@@H]1CCCC[C@H]1NC(=O)COCC. The second kappa shape index (κ2) is 7.66. The summed E-state index contributed by atoms with van der Waals surface area (Å²) in [6.07, 6.45) is 7.43. The summed E-state index contributed by atoms with van der Waals surface area (Å²) >= 11 is 0. The lowest BCUT2D eigenvalue weighted by Crippen LogP contribution is -2.43. The molecule has 1 N–H and O–H groups in total. The molecule has 0 radical (unpaired) electrons. The van der Waals surface area contributed by atoms with E-state index in [9.17, 15) is 4.79 Å². The number of ether oxygens (including phenoxy) is 1. The third kappa shape index (κ3) is 4.52. The monoisotopic (exact) mass is 227 g/mol. The molecule has 0 aliphatic heterocycles. The van der Waals surface area contributed by atoms with Crippen LogP contribution in [0.2, 0.25) is 0 Å². The van der Waals surface area contributed by atoms with Gasteiger partial charge < -0.3 is 10.1 Å². The number of nitrogens with one attached hydrogen (secondary N) is 1. The predicted octanol–water partition coefficient (Wildman–Crippen LogP) is 2.50. The largest absolute Gasteiger partial charge is 0.372 e. The van der Waals surface area contributed by atoms with Gasteiger partial charge in [-0.15, -0.1) is 0 Å². The van der Waals surface area contributed by atoms with E-state index in [0.717, 1.165) is 6.42 Å². The van der Waals surface area contributed by atoms with E-state index < -0.39 is 0 Å². The van der Waals surface area contributed by atoms with Gasteiger partial charge in [-0.2, -0.15) is 0 Å². The van der Waals surface area contributed by atoms with Crippen molar-refractivity contribution in [3.63, 3.8) is 0 Å². The summed E-state index contributed by atoms with van der Waals surface area (Å²) in [5.41, 5.74) is 0. The van der Waals surface area contributed by atoms with E-state index in [-0.39, 0.29) is 12.5 Å². The maximum atomic E-state index is 11.6. The Balaban J connectivity index is 2.33. The minimum absolute atomic E-state index is 0.0508. The summed E-state index contributed by atoms with van der Waals surface area (Å²) in [7, 11) is 0. The summed E-state index contributed by atoms with van der Waals surface area (Å²) in [4.78, 5) is 11.6. The first kappa shape index (κ1) is 13.5. The number of carbonyl (C=O) groups excluding carboxylic acids is 1. The van der Waals surface area contributed by atoms with E-state index in [1.54, 1.807) is 0 Å². The third-order valence-electron chi connectivity index (χ3n) is 3.35. The van der Waals surface area contributed by atoms with Gasteiger partial charge in [0.15, 0.2) is 0 Å². The van der Waals surface area contributed by atoms with Crippen molar-refractivity contribution in [2.75, 3.05) is 13.2 Å². The molecule has 1 amide bonds. The van der Waals surface area contributed by atoms with Crippen LogP contribution < -0.4 is 5.32 Å². The maximum Gasteiger partial charge on any atom is 0.246 e. The Labute approximate surface area is 98.9 Å². The van der Waals surface area contributed by atoms with E-state index in [0.29, 0.717) is 18.6 Å². The molecule has 1 saturated carbocycles. The van der Waals surface area contributed by atoms with Crippen LogP contribution in [-0.2, 0) is 9.53 Å². The Morgan fingerprint density at radius 2 is 2.06 bits per heavy atom. The summed E-state index contributed by atoms with van der Waals surface area (Å²) in [5, 5.41) is 3.12. The van der Waals surface area contributed by atoms with Gasteiger partial charge in [-0.25, -0.2) is 0 Å². The molecular weight excluding hydrogens is 202 g/mol. The topological polar surface area (TPSA) is 38.3 Å². The second-order valence-electron chi connectivity index (χ2n) is 4.64. The fraction of sp³-hybridized carbons (Fsp3) is 0.923. The number of rotatable bonds is 6. The fourth-order valence-electron chi connectivity index (χ4n) is 2.56. The van der Waals surface area contributed by atoms with Gasteiger partial charge >= 0.3 is 0 Å². The van der Waals surface area contributed by atoms with E-state index in [2.05, 4.69) is 12.2 Å². The molecule has 0 spiro atoms.